The van der Waals surface area contributed by atoms with E-state index in [-0.39, 0.29) is 0 Å². The maximum atomic E-state index is 14.1. The summed E-state index contributed by atoms with van der Waals surface area (Å²) >= 11 is 0. The summed E-state index contributed by atoms with van der Waals surface area (Å²) in [5.74, 6) is -28.6. The summed E-state index contributed by atoms with van der Waals surface area (Å²) in [6.45, 7) is -0.832. The van der Waals surface area contributed by atoms with Crippen molar-refractivity contribution in [2.75, 3.05) is 13.1 Å². The van der Waals surface area contributed by atoms with E-state index in [0.717, 1.165) is 0 Å². The lowest BCUT2D eigenvalue weighted by atomic mass is 9.71. The Morgan fingerprint density at radius 2 is 1.47 bits per heavy atom. The molecular weight excluding hydrogens is 428 g/mol. The molecule has 1 aromatic carbocycles. The van der Waals surface area contributed by atoms with Crippen molar-refractivity contribution < 1.29 is 44.7 Å². The summed E-state index contributed by atoms with van der Waals surface area (Å²) in [6, 6.07) is 4.69. The molecule has 30 heavy (non-hydrogen) atoms. The van der Waals surface area contributed by atoms with Crippen molar-refractivity contribution in [3.63, 3.8) is 0 Å². The van der Waals surface area contributed by atoms with Gasteiger partial charge in [0.1, 0.15) is 11.9 Å². The molecule has 1 saturated carbocycles. The number of amides is 2. The fraction of sp³-hybridized carbons (Fsp3) is 0.611. The van der Waals surface area contributed by atoms with Gasteiger partial charge in [-0.1, -0.05) is 18.2 Å². The summed E-state index contributed by atoms with van der Waals surface area (Å²) in [7, 11) is 0. The highest BCUT2D eigenvalue weighted by Crippen LogP contribution is 2.65. The number of urea groups is 1. The highest BCUT2D eigenvalue weighted by Gasteiger charge is 2.89. The van der Waals surface area contributed by atoms with E-state index in [1.807, 2.05) is 0 Å². The van der Waals surface area contributed by atoms with Crippen LogP contribution in [0.25, 0.3) is 0 Å². The minimum absolute atomic E-state index is 0.447. The van der Waals surface area contributed by atoms with Crippen LogP contribution >= 0.6 is 0 Å². The number of ether oxygens (including phenoxy) is 1. The van der Waals surface area contributed by atoms with E-state index in [1.165, 1.54) is 0 Å². The van der Waals surface area contributed by atoms with E-state index in [0.29, 0.717) is 16.2 Å². The molecule has 166 valence electrons. The fourth-order valence-electron chi connectivity index (χ4n) is 4.37. The van der Waals surface area contributed by atoms with Crippen molar-refractivity contribution in [2.24, 2.45) is 11.8 Å². The number of nitrogens with zero attached hydrogens (tertiary/aromatic N) is 1. The predicted molar refractivity (Wildman–Crippen MR) is 86.1 cm³/mol. The van der Waals surface area contributed by atoms with Crippen LogP contribution in [0.1, 0.15) is 18.5 Å². The quantitative estimate of drug-likeness (QED) is 0.656. The Labute approximate surface area is 165 Å². The Kier molecular flexibility index (Phi) is 4.29. The zero-order chi connectivity index (χ0) is 22.3. The molecule has 0 spiro atoms. The predicted octanol–water partition coefficient (Wildman–Crippen LogP) is 4.32. The van der Waals surface area contributed by atoms with Gasteiger partial charge in [-0.2, -0.15) is 35.1 Å². The van der Waals surface area contributed by atoms with Gasteiger partial charge in [0.25, 0.3) is 0 Å². The summed E-state index contributed by atoms with van der Waals surface area (Å²) in [5.41, 5.74) is 0.545. The fourth-order valence-corrected chi connectivity index (χ4v) is 4.37. The van der Waals surface area contributed by atoms with Crippen LogP contribution in [0.15, 0.2) is 24.3 Å². The lowest BCUT2D eigenvalue weighted by Gasteiger charge is -2.47. The Balaban J connectivity index is 1.59. The minimum atomic E-state index is -6.26. The van der Waals surface area contributed by atoms with Gasteiger partial charge in [-0.05, 0) is 13.0 Å². The van der Waals surface area contributed by atoms with Gasteiger partial charge in [0.15, 0.2) is 0 Å². The molecule has 4 rings (SSSR count). The first-order valence-electron chi connectivity index (χ1n) is 9.05. The van der Waals surface area contributed by atoms with Crippen LogP contribution in [0.2, 0.25) is 0 Å². The minimum Gasteiger partial charge on any atom is -0.488 e. The highest BCUT2D eigenvalue weighted by atomic mass is 19.4. The van der Waals surface area contributed by atoms with Gasteiger partial charge >= 0.3 is 29.7 Å². The van der Waals surface area contributed by atoms with E-state index in [1.54, 1.807) is 31.2 Å². The molecule has 1 N–H and O–H groups in total. The lowest BCUT2D eigenvalue weighted by molar-refractivity contribution is -0.418. The highest BCUT2D eigenvalue weighted by molar-refractivity contribution is 5.75. The largest absolute Gasteiger partial charge is 0.488 e. The normalized spacial score (nSPS) is 34.6. The van der Waals surface area contributed by atoms with Gasteiger partial charge in [-0.25, -0.2) is 4.79 Å². The maximum absolute atomic E-state index is 14.1. The van der Waals surface area contributed by atoms with Gasteiger partial charge in [-0.15, -0.1) is 0 Å². The third-order valence-electron chi connectivity index (χ3n) is 6.09. The second-order valence-corrected chi connectivity index (χ2v) is 7.80. The molecule has 4 nitrogen and oxygen atoms in total. The van der Waals surface area contributed by atoms with E-state index in [4.69, 9.17) is 4.74 Å². The number of halogens is 8. The van der Waals surface area contributed by atoms with Gasteiger partial charge in [0.2, 0.25) is 0 Å². The third-order valence-corrected chi connectivity index (χ3v) is 6.09. The summed E-state index contributed by atoms with van der Waals surface area (Å²) in [6.07, 6.45) is -0.590. The molecule has 2 heterocycles. The topological polar surface area (TPSA) is 41.6 Å². The number of benzene rings is 1. The van der Waals surface area contributed by atoms with E-state index >= 15 is 0 Å². The Morgan fingerprint density at radius 1 is 0.967 bits per heavy atom. The van der Waals surface area contributed by atoms with E-state index in [2.05, 4.69) is 5.32 Å². The van der Waals surface area contributed by atoms with Gasteiger partial charge in [-0.3, -0.25) is 0 Å². The van der Waals surface area contributed by atoms with Gasteiger partial charge in [0.05, 0.1) is 17.9 Å². The number of rotatable bonds is 1. The van der Waals surface area contributed by atoms with Crippen molar-refractivity contribution in [1.82, 2.24) is 10.2 Å². The third kappa shape index (κ3) is 2.48. The van der Waals surface area contributed by atoms with Crippen molar-refractivity contribution in [3.8, 4) is 5.75 Å². The molecule has 0 aromatic heterocycles. The summed E-state index contributed by atoms with van der Waals surface area (Å²) in [4.78, 5) is 13.0. The van der Waals surface area contributed by atoms with Crippen molar-refractivity contribution in [3.05, 3.63) is 29.8 Å². The van der Waals surface area contributed by atoms with Crippen LogP contribution in [-0.4, -0.2) is 53.8 Å². The smallest absolute Gasteiger partial charge is 0.378 e. The molecule has 4 unspecified atom stereocenters. The standard InChI is InChI=1S/C18H16F8N2O2/c1-8-13(9-4-2-3-5-12(9)30-8)27-14(29)28-6-10-11(7-28)16(21,22)18(25,26)17(23,24)15(10,19)20/h2-5,8,10-11,13H,6-7H2,1H3,(H,27,29). The number of nitrogens with one attached hydrogen (secondary N) is 1. The average Bonchev–Trinajstić information content (AvgIpc) is 3.24. The number of alkyl halides is 8. The second kappa shape index (κ2) is 6.13. The maximum Gasteiger partial charge on any atom is 0.378 e. The number of carbonyl (C=O) groups is 1. The zero-order valence-corrected chi connectivity index (χ0v) is 15.3. The summed E-state index contributed by atoms with van der Waals surface area (Å²) in [5, 5.41) is 2.43. The first-order valence-corrected chi connectivity index (χ1v) is 9.05. The molecule has 1 saturated heterocycles. The first-order chi connectivity index (χ1) is 13.7. The van der Waals surface area contributed by atoms with Crippen molar-refractivity contribution >= 4 is 6.03 Å². The van der Waals surface area contributed by atoms with Crippen LogP contribution in [0, 0.1) is 11.8 Å². The number of carbonyl (C=O) groups excluding carboxylic acids is 1. The number of hydrogen-bond acceptors (Lipinski definition) is 2. The average molecular weight is 444 g/mol. The molecule has 3 aliphatic rings. The molecular formula is C18H16F8N2O2. The molecule has 0 radical (unpaired) electrons. The molecule has 1 aliphatic carbocycles. The van der Waals surface area contributed by atoms with Crippen molar-refractivity contribution in [2.45, 2.75) is 42.8 Å². The SMILES string of the molecule is CC1Oc2ccccc2C1NC(=O)N1CC2C(C1)C(F)(F)C(F)(F)C(F)(F)C2(F)F. The molecule has 2 amide bonds. The molecule has 2 fully saturated rings. The molecule has 2 aliphatic heterocycles. The van der Waals surface area contributed by atoms with Gasteiger partial charge < -0.3 is 15.0 Å². The number of fused-ring (bicyclic) bond motifs is 2. The lowest BCUT2D eigenvalue weighted by Crippen LogP contribution is -2.72. The number of para-hydroxylation sites is 1. The summed E-state index contributed by atoms with van der Waals surface area (Å²) < 4.78 is 117. The van der Waals surface area contributed by atoms with Crippen LogP contribution in [0.4, 0.5) is 39.9 Å². The zero-order valence-electron chi connectivity index (χ0n) is 15.3. The first kappa shape index (κ1) is 21.0. The molecule has 4 atom stereocenters. The van der Waals surface area contributed by atoms with Gasteiger partial charge in [0, 0.05) is 18.7 Å². The van der Waals surface area contributed by atoms with E-state index < -0.39 is 66.8 Å². The number of hydrogen-bond donors (Lipinski definition) is 1. The second-order valence-electron chi connectivity index (χ2n) is 7.80. The van der Waals surface area contributed by atoms with E-state index in [9.17, 15) is 39.9 Å². The monoisotopic (exact) mass is 444 g/mol. The Morgan fingerprint density at radius 3 is 2.00 bits per heavy atom. The number of likely N-dealkylation sites (tertiary alicyclic amines) is 1. The van der Waals surface area contributed by atoms with Crippen LogP contribution in [0.5, 0.6) is 5.75 Å². The Bertz CT molecular complexity index is 843. The molecule has 12 heteroatoms. The molecule has 1 aromatic rings. The molecule has 0 bridgehead atoms. The van der Waals surface area contributed by atoms with Crippen LogP contribution in [-0.2, 0) is 0 Å². The van der Waals surface area contributed by atoms with Crippen molar-refractivity contribution in [1.29, 1.82) is 0 Å². The van der Waals surface area contributed by atoms with Crippen LogP contribution < -0.4 is 10.1 Å². The van der Waals surface area contributed by atoms with Crippen LogP contribution in [0.3, 0.4) is 0 Å². The Hall–Kier alpha value is -2.27.